The van der Waals surface area contributed by atoms with Crippen LogP contribution in [0.1, 0.15) is 18.5 Å². The van der Waals surface area contributed by atoms with Crippen molar-refractivity contribution in [1.29, 1.82) is 0 Å². The summed E-state index contributed by atoms with van der Waals surface area (Å²) in [5, 5.41) is 7.63. The van der Waals surface area contributed by atoms with Crippen LogP contribution < -0.4 is 15.5 Å². The minimum absolute atomic E-state index is 0.0135. The van der Waals surface area contributed by atoms with Gasteiger partial charge in [0.25, 0.3) is 0 Å². The van der Waals surface area contributed by atoms with Crippen LogP contribution in [0.5, 0.6) is 0 Å². The molecule has 1 aromatic heterocycles. The van der Waals surface area contributed by atoms with Crippen LogP contribution in [0.2, 0.25) is 0 Å². The third-order valence-electron chi connectivity index (χ3n) is 2.40. The van der Waals surface area contributed by atoms with Crippen molar-refractivity contribution in [3.05, 3.63) is 20.7 Å². The highest BCUT2D eigenvalue weighted by Crippen LogP contribution is 2.04. The predicted molar refractivity (Wildman–Crippen MR) is 57.8 cm³/mol. The van der Waals surface area contributed by atoms with Crippen LogP contribution in [0.25, 0.3) is 0 Å². The van der Waals surface area contributed by atoms with E-state index in [1.54, 1.807) is 5.38 Å². The van der Waals surface area contributed by atoms with Gasteiger partial charge in [-0.25, -0.2) is 0 Å². The Morgan fingerprint density at radius 1 is 1.67 bits per heavy atom. The van der Waals surface area contributed by atoms with Crippen LogP contribution in [0.3, 0.4) is 0 Å². The van der Waals surface area contributed by atoms with Gasteiger partial charge in [0.2, 0.25) is 5.91 Å². The Bertz CT molecular complexity index is 392. The molecule has 0 bridgehead atoms. The number of H-pyrrole nitrogens is 1. The van der Waals surface area contributed by atoms with E-state index in [0.717, 1.165) is 36.4 Å². The zero-order valence-electron chi connectivity index (χ0n) is 8.21. The zero-order valence-corrected chi connectivity index (χ0v) is 9.02. The first-order valence-corrected chi connectivity index (χ1v) is 5.81. The van der Waals surface area contributed by atoms with E-state index in [4.69, 9.17) is 0 Å². The molecule has 15 heavy (non-hydrogen) atoms. The topological polar surface area (TPSA) is 74.0 Å². The van der Waals surface area contributed by atoms with Gasteiger partial charge in [-0.2, -0.15) is 0 Å². The van der Waals surface area contributed by atoms with Crippen LogP contribution in [0, 0.1) is 0 Å². The van der Waals surface area contributed by atoms with E-state index in [0.29, 0.717) is 6.54 Å². The monoisotopic (exact) mass is 227 g/mol. The second kappa shape index (κ2) is 4.59. The van der Waals surface area contributed by atoms with E-state index in [9.17, 15) is 9.59 Å². The van der Waals surface area contributed by atoms with Gasteiger partial charge in [-0.05, 0) is 19.4 Å². The number of rotatable bonds is 3. The molecule has 0 aromatic carbocycles. The molecule has 1 aliphatic heterocycles. The third kappa shape index (κ3) is 2.66. The Morgan fingerprint density at radius 3 is 3.13 bits per heavy atom. The van der Waals surface area contributed by atoms with Crippen molar-refractivity contribution in [3.63, 3.8) is 0 Å². The number of aromatic nitrogens is 1. The van der Waals surface area contributed by atoms with Gasteiger partial charge in [0.05, 0.1) is 12.6 Å². The smallest absolute Gasteiger partial charge is 0.304 e. The molecule has 0 unspecified atom stereocenters. The lowest BCUT2D eigenvalue weighted by atomic mass is 10.2. The fraction of sp³-hybridized carbons (Fsp3) is 0.556. The lowest BCUT2D eigenvalue weighted by Crippen LogP contribution is -2.40. The number of carbonyl (C=O) groups is 1. The van der Waals surface area contributed by atoms with Gasteiger partial charge in [-0.15, -0.1) is 0 Å². The highest BCUT2D eigenvalue weighted by molar-refractivity contribution is 7.07. The summed E-state index contributed by atoms with van der Waals surface area (Å²) in [7, 11) is 0. The van der Waals surface area contributed by atoms with Crippen molar-refractivity contribution in [2.45, 2.75) is 25.4 Å². The van der Waals surface area contributed by atoms with Crippen molar-refractivity contribution >= 4 is 17.2 Å². The molecular weight excluding hydrogens is 214 g/mol. The fourth-order valence-electron chi connectivity index (χ4n) is 1.61. The van der Waals surface area contributed by atoms with Crippen LogP contribution >= 0.6 is 11.3 Å². The standard InChI is InChI=1S/C9H13N3O2S/c13-8(7-2-1-3-10-7)11-4-6-5-15-9(14)12-6/h5,7,10H,1-4H2,(H,11,13)(H,12,14)/t7-/m1/s1. The molecule has 0 spiro atoms. The van der Waals surface area contributed by atoms with Crippen molar-refractivity contribution < 1.29 is 4.79 Å². The van der Waals surface area contributed by atoms with Gasteiger partial charge in [-0.3, -0.25) is 9.59 Å². The molecule has 2 heterocycles. The first kappa shape index (κ1) is 10.4. The highest BCUT2D eigenvalue weighted by Gasteiger charge is 2.21. The van der Waals surface area contributed by atoms with E-state index in [1.165, 1.54) is 0 Å². The lowest BCUT2D eigenvalue weighted by molar-refractivity contribution is -0.122. The Balaban J connectivity index is 1.82. The predicted octanol–water partition coefficient (Wildman–Crippen LogP) is -0.195. The molecule has 1 aromatic rings. The van der Waals surface area contributed by atoms with Crippen LogP contribution in [0.4, 0.5) is 0 Å². The minimum Gasteiger partial charge on any atom is -0.349 e. The van der Waals surface area contributed by atoms with Gasteiger partial charge in [0.15, 0.2) is 0 Å². The second-order valence-electron chi connectivity index (χ2n) is 3.54. The molecule has 6 heteroatoms. The van der Waals surface area contributed by atoms with Crippen molar-refractivity contribution in [2.24, 2.45) is 0 Å². The summed E-state index contributed by atoms with van der Waals surface area (Å²) in [6.07, 6.45) is 1.94. The average Bonchev–Trinajstić information content (AvgIpc) is 2.84. The number of thiazole rings is 1. The molecule has 1 aliphatic rings. The number of carbonyl (C=O) groups excluding carboxylic acids is 1. The molecule has 0 aliphatic carbocycles. The van der Waals surface area contributed by atoms with Gasteiger partial charge < -0.3 is 15.6 Å². The quantitative estimate of drug-likeness (QED) is 0.670. The molecule has 82 valence electrons. The number of nitrogens with one attached hydrogen (secondary N) is 3. The van der Waals surface area contributed by atoms with Gasteiger partial charge in [0.1, 0.15) is 0 Å². The van der Waals surface area contributed by atoms with Crippen molar-refractivity contribution in [2.75, 3.05) is 6.54 Å². The number of aromatic amines is 1. The zero-order chi connectivity index (χ0) is 10.7. The minimum atomic E-state index is -0.0850. The maximum Gasteiger partial charge on any atom is 0.304 e. The Labute approximate surface area is 90.9 Å². The molecule has 5 nitrogen and oxygen atoms in total. The Morgan fingerprint density at radius 2 is 2.53 bits per heavy atom. The summed E-state index contributed by atoms with van der Waals surface area (Å²) >= 11 is 1.11. The number of hydrogen-bond donors (Lipinski definition) is 3. The average molecular weight is 227 g/mol. The number of hydrogen-bond acceptors (Lipinski definition) is 4. The van der Waals surface area contributed by atoms with E-state index in [2.05, 4.69) is 15.6 Å². The van der Waals surface area contributed by atoms with Gasteiger partial charge in [0, 0.05) is 11.1 Å². The summed E-state index contributed by atoms with van der Waals surface area (Å²) in [5.74, 6) is 0.0135. The molecule has 0 saturated carbocycles. The summed E-state index contributed by atoms with van der Waals surface area (Å²) in [6.45, 7) is 1.31. The van der Waals surface area contributed by atoms with E-state index >= 15 is 0 Å². The second-order valence-corrected chi connectivity index (χ2v) is 4.38. The highest BCUT2D eigenvalue weighted by atomic mass is 32.1. The molecule has 1 saturated heterocycles. The van der Waals surface area contributed by atoms with Crippen molar-refractivity contribution in [1.82, 2.24) is 15.6 Å². The molecular formula is C9H13N3O2S. The molecule has 1 atom stereocenters. The summed E-state index contributed by atoms with van der Waals surface area (Å²) in [6, 6.07) is -0.0599. The lowest BCUT2D eigenvalue weighted by Gasteiger charge is -2.09. The molecule has 3 N–H and O–H groups in total. The Hall–Kier alpha value is -1.14. The largest absolute Gasteiger partial charge is 0.349 e. The van der Waals surface area contributed by atoms with Crippen LogP contribution in [-0.2, 0) is 11.3 Å². The van der Waals surface area contributed by atoms with Gasteiger partial charge in [-0.1, -0.05) is 11.3 Å². The number of amides is 1. The first-order chi connectivity index (χ1) is 7.25. The summed E-state index contributed by atoms with van der Waals surface area (Å²) in [4.78, 5) is 25.0. The maximum absolute atomic E-state index is 11.6. The van der Waals surface area contributed by atoms with E-state index in [-0.39, 0.29) is 16.8 Å². The normalized spacial score (nSPS) is 20.4. The van der Waals surface area contributed by atoms with Crippen LogP contribution in [-0.4, -0.2) is 23.5 Å². The molecule has 2 rings (SSSR count). The van der Waals surface area contributed by atoms with Gasteiger partial charge >= 0.3 is 4.87 Å². The maximum atomic E-state index is 11.6. The van der Waals surface area contributed by atoms with E-state index in [1.807, 2.05) is 0 Å². The molecule has 1 amide bonds. The van der Waals surface area contributed by atoms with E-state index < -0.39 is 0 Å². The molecule has 0 radical (unpaired) electrons. The van der Waals surface area contributed by atoms with Crippen LogP contribution in [0.15, 0.2) is 10.2 Å². The molecule has 1 fully saturated rings. The first-order valence-electron chi connectivity index (χ1n) is 4.93. The van der Waals surface area contributed by atoms with Crippen molar-refractivity contribution in [3.8, 4) is 0 Å². The third-order valence-corrected chi connectivity index (χ3v) is 3.12. The Kier molecular flexibility index (Phi) is 3.17. The summed E-state index contributed by atoms with van der Waals surface area (Å²) < 4.78 is 0. The fourth-order valence-corrected chi connectivity index (χ4v) is 2.20. The SMILES string of the molecule is O=C(NCc1csc(=O)[nH]1)[C@H]1CCCN1. The summed E-state index contributed by atoms with van der Waals surface area (Å²) in [5.41, 5.74) is 0.761.